The molecule has 0 saturated carbocycles. The van der Waals surface area contributed by atoms with Gasteiger partial charge in [-0.15, -0.1) is 0 Å². The van der Waals surface area contributed by atoms with Crippen LogP contribution in [0.3, 0.4) is 0 Å². The number of carbonyl (C=O) groups excluding carboxylic acids is 2. The lowest BCUT2D eigenvalue weighted by Gasteiger charge is -2.43. The number of hydrogen-bond acceptors (Lipinski definition) is 7. The van der Waals surface area contributed by atoms with Gasteiger partial charge in [-0.2, -0.15) is 0 Å². The lowest BCUT2D eigenvalue weighted by atomic mass is 9.83. The van der Waals surface area contributed by atoms with Crippen molar-refractivity contribution in [3.63, 3.8) is 0 Å². The number of hydrogen-bond donors (Lipinski definition) is 1. The molecule has 8 heteroatoms. The van der Waals surface area contributed by atoms with Gasteiger partial charge >= 0.3 is 12.1 Å². The van der Waals surface area contributed by atoms with Gasteiger partial charge in [0, 0.05) is 25.3 Å². The van der Waals surface area contributed by atoms with E-state index in [1.165, 1.54) is 29.2 Å². The molecule has 1 N–H and O–H groups in total. The van der Waals surface area contributed by atoms with Gasteiger partial charge in [-0.1, -0.05) is 92.7 Å². The lowest BCUT2D eigenvalue weighted by Crippen LogP contribution is -2.53. The molecule has 1 aliphatic carbocycles. The van der Waals surface area contributed by atoms with E-state index in [4.69, 9.17) is 23.7 Å². The highest BCUT2D eigenvalue weighted by Crippen LogP contribution is 2.44. The molecule has 1 fully saturated rings. The quantitative estimate of drug-likeness (QED) is 0.203. The minimum absolute atomic E-state index is 0.00641. The van der Waals surface area contributed by atoms with Crippen LogP contribution in [0.15, 0.2) is 78.9 Å². The first-order valence-corrected chi connectivity index (χ1v) is 15.1. The predicted molar refractivity (Wildman–Crippen MR) is 162 cm³/mol. The van der Waals surface area contributed by atoms with Gasteiger partial charge in [0.15, 0.2) is 12.4 Å². The number of alkyl carbamates (subject to hydrolysis) is 1. The maximum absolute atomic E-state index is 12.5. The summed E-state index contributed by atoms with van der Waals surface area (Å²) in [7, 11) is 0. The zero-order valence-electron chi connectivity index (χ0n) is 25.1. The first kappa shape index (κ1) is 30.7. The van der Waals surface area contributed by atoms with E-state index in [0.717, 1.165) is 5.56 Å². The highest BCUT2D eigenvalue weighted by molar-refractivity contribution is 5.79. The minimum Gasteiger partial charge on any atom is -0.457 e. The van der Waals surface area contributed by atoms with Gasteiger partial charge in [0.05, 0.1) is 25.9 Å². The van der Waals surface area contributed by atoms with E-state index in [0.29, 0.717) is 32.8 Å². The summed E-state index contributed by atoms with van der Waals surface area (Å²) in [6, 6.07) is 26.5. The maximum atomic E-state index is 12.5. The Bertz CT molecular complexity index is 1320. The van der Waals surface area contributed by atoms with Gasteiger partial charge in [0.25, 0.3) is 0 Å². The fourth-order valence-corrected chi connectivity index (χ4v) is 5.92. The number of amides is 1. The standard InChI is InChI=1S/C35H41NO7/c1-23-24(2)33(42-25(3)37)34(43-32(23)22-39-20-26-12-5-4-6-13-26)40-19-11-18-36-35(38)41-21-31-29-16-9-7-14-27(29)28-15-8-10-17-30(28)31/h4-10,12-17,23-24,31-34H,11,18-22H2,1-3H3,(H,36,38)/t23-,24-,32?,33?,34-/m0/s1. The van der Waals surface area contributed by atoms with E-state index >= 15 is 0 Å². The zero-order valence-corrected chi connectivity index (χ0v) is 25.1. The molecule has 5 rings (SSSR count). The van der Waals surface area contributed by atoms with Crippen LogP contribution in [-0.4, -0.2) is 56.9 Å². The van der Waals surface area contributed by atoms with E-state index in [9.17, 15) is 9.59 Å². The molecule has 8 nitrogen and oxygen atoms in total. The summed E-state index contributed by atoms with van der Waals surface area (Å²) in [4.78, 5) is 24.4. The number of ether oxygens (including phenoxy) is 5. The van der Waals surface area contributed by atoms with E-state index in [2.05, 4.69) is 36.5 Å². The molecular formula is C35H41NO7. The highest BCUT2D eigenvalue weighted by Gasteiger charge is 2.44. The molecule has 1 aliphatic heterocycles. The van der Waals surface area contributed by atoms with Crippen LogP contribution in [0, 0.1) is 11.8 Å². The van der Waals surface area contributed by atoms with Gasteiger partial charge in [-0.3, -0.25) is 4.79 Å². The average molecular weight is 588 g/mol. The Kier molecular flexibility index (Phi) is 10.5. The number of carbonyl (C=O) groups is 2. The summed E-state index contributed by atoms with van der Waals surface area (Å²) >= 11 is 0. The smallest absolute Gasteiger partial charge is 0.407 e. The summed E-state index contributed by atoms with van der Waals surface area (Å²) in [6.45, 7) is 7.34. The summed E-state index contributed by atoms with van der Waals surface area (Å²) in [5.74, 6) is -0.267. The fourth-order valence-electron chi connectivity index (χ4n) is 5.92. The SMILES string of the molecule is CC(=O)OC1[C@@H](OCCCNC(=O)OCC2c3ccccc3-c3ccccc32)OC(COCc2ccccc2)[C@@H](C)[C@@H]1C. The van der Waals surface area contributed by atoms with Crippen LogP contribution in [0.2, 0.25) is 0 Å². The van der Waals surface area contributed by atoms with Crippen LogP contribution in [0.5, 0.6) is 0 Å². The minimum atomic E-state index is -0.727. The van der Waals surface area contributed by atoms with Crippen LogP contribution in [0.25, 0.3) is 11.1 Å². The van der Waals surface area contributed by atoms with Crippen LogP contribution < -0.4 is 5.32 Å². The molecule has 1 saturated heterocycles. The Hall–Kier alpha value is -3.72. The van der Waals surface area contributed by atoms with E-state index in [1.54, 1.807) is 0 Å². The second kappa shape index (κ2) is 14.6. The molecule has 5 atom stereocenters. The van der Waals surface area contributed by atoms with Crippen molar-refractivity contribution in [2.75, 3.05) is 26.4 Å². The van der Waals surface area contributed by atoms with E-state index in [1.807, 2.05) is 61.5 Å². The van der Waals surface area contributed by atoms with Gasteiger partial charge in [0.1, 0.15) is 6.61 Å². The van der Waals surface area contributed by atoms with Crippen molar-refractivity contribution < 1.29 is 33.3 Å². The molecule has 0 aromatic heterocycles. The molecule has 0 bridgehead atoms. The molecule has 0 radical (unpaired) electrons. The molecule has 0 spiro atoms. The molecular weight excluding hydrogens is 546 g/mol. The summed E-state index contributed by atoms with van der Waals surface area (Å²) in [6.07, 6.45) is -1.40. The van der Waals surface area contributed by atoms with Crippen molar-refractivity contribution >= 4 is 12.1 Å². The monoisotopic (exact) mass is 587 g/mol. The number of benzene rings is 3. The first-order valence-electron chi connectivity index (χ1n) is 15.1. The normalized spacial score (nSPS) is 22.8. The van der Waals surface area contributed by atoms with Crippen molar-refractivity contribution in [2.24, 2.45) is 11.8 Å². The Morgan fingerprint density at radius 1 is 0.837 bits per heavy atom. The van der Waals surface area contributed by atoms with Crippen molar-refractivity contribution in [3.8, 4) is 11.1 Å². The summed E-state index contributed by atoms with van der Waals surface area (Å²) in [5, 5.41) is 2.82. The second-order valence-corrected chi connectivity index (χ2v) is 11.3. The van der Waals surface area contributed by atoms with Crippen LogP contribution >= 0.6 is 0 Å². The Balaban J connectivity index is 1.07. The highest BCUT2D eigenvalue weighted by atomic mass is 16.7. The number of esters is 1. The number of nitrogens with one attached hydrogen (secondary N) is 1. The fraction of sp³-hybridized carbons (Fsp3) is 0.429. The zero-order chi connectivity index (χ0) is 30.2. The van der Waals surface area contributed by atoms with Crippen molar-refractivity contribution in [1.29, 1.82) is 0 Å². The molecule has 2 unspecified atom stereocenters. The van der Waals surface area contributed by atoms with E-state index in [-0.39, 0.29) is 36.4 Å². The molecule has 3 aromatic rings. The molecule has 1 amide bonds. The number of rotatable bonds is 12. The number of fused-ring (bicyclic) bond motifs is 3. The molecule has 3 aromatic carbocycles. The molecule has 1 heterocycles. The second-order valence-electron chi connectivity index (χ2n) is 11.3. The van der Waals surface area contributed by atoms with Crippen LogP contribution in [0.4, 0.5) is 4.79 Å². The maximum Gasteiger partial charge on any atom is 0.407 e. The third kappa shape index (κ3) is 7.63. The topological polar surface area (TPSA) is 92.3 Å². The Morgan fingerprint density at radius 2 is 1.49 bits per heavy atom. The molecule has 2 aliphatic rings. The predicted octanol–water partition coefficient (Wildman–Crippen LogP) is 6.08. The lowest BCUT2D eigenvalue weighted by molar-refractivity contribution is -0.281. The summed E-state index contributed by atoms with van der Waals surface area (Å²) < 4.78 is 29.5. The average Bonchev–Trinajstić information content (AvgIpc) is 3.34. The van der Waals surface area contributed by atoms with E-state index < -0.39 is 18.5 Å². The van der Waals surface area contributed by atoms with Crippen molar-refractivity contribution in [1.82, 2.24) is 5.32 Å². The third-order valence-electron chi connectivity index (χ3n) is 8.42. The Labute approximate surface area is 253 Å². The van der Waals surface area contributed by atoms with Crippen LogP contribution in [0.1, 0.15) is 49.8 Å². The van der Waals surface area contributed by atoms with Crippen LogP contribution in [-0.2, 0) is 35.1 Å². The Morgan fingerprint density at radius 3 is 2.16 bits per heavy atom. The first-order chi connectivity index (χ1) is 20.9. The van der Waals surface area contributed by atoms with Gasteiger partial charge < -0.3 is 29.0 Å². The van der Waals surface area contributed by atoms with Crippen molar-refractivity contribution in [3.05, 3.63) is 95.6 Å². The third-order valence-corrected chi connectivity index (χ3v) is 8.42. The summed E-state index contributed by atoms with van der Waals surface area (Å²) in [5.41, 5.74) is 5.82. The van der Waals surface area contributed by atoms with Gasteiger partial charge in [-0.25, -0.2) is 4.79 Å². The molecule has 43 heavy (non-hydrogen) atoms. The van der Waals surface area contributed by atoms with Gasteiger partial charge in [0.2, 0.25) is 0 Å². The van der Waals surface area contributed by atoms with Crippen molar-refractivity contribution in [2.45, 2.75) is 58.2 Å². The molecule has 228 valence electrons. The van der Waals surface area contributed by atoms with Gasteiger partial charge in [-0.05, 0) is 40.2 Å². The largest absolute Gasteiger partial charge is 0.457 e.